The number of amides is 1. The molecule has 6 heteroatoms. The van der Waals surface area contributed by atoms with E-state index in [9.17, 15) is 4.79 Å². The first-order valence-electron chi connectivity index (χ1n) is 8.18. The van der Waals surface area contributed by atoms with Crippen molar-refractivity contribution in [2.24, 2.45) is 7.05 Å². The Labute approximate surface area is 149 Å². The van der Waals surface area contributed by atoms with Crippen molar-refractivity contribution < 1.29 is 4.79 Å². The van der Waals surface area contributed by atoms with Crippen LogP contribution in [0.3, 0.4) is 0 Å². The lowest BCUT2D eigenvalue weighted by molar-refractivity contribution is -0.132. The number of carbonyl (C=O) groups is 1. The Bertz CT molecular complexity index is 699. The molecule has 1 aromatic heterocycles. The van der Waals surface area contributed by atoms with Gasteiger partial charge in [0.2, 0.25) is 5.91 Å². The van der Waals surface area contributed by atoms with E-state index in [1.54, 1.807) is 0 Å². The molecule has 1 N–H and O–H groups in total. The van der Waals surface area contributed by atoms with E-state index in [2.05, 4.69) is 17.4 Å². The molecule has 0 fully saturated rings. The Morgan fingerprint density at radius 1 is 1.21 bits per heavy atom. The van der Waals surface area contributed by atoms with Crippen molar-refractivity contribution in [2.45, 2.75) is 25.8 Å². The molecular formula is C18H25ClN4O. The summed E-state index contributed by atoms with van der Waals surface area (Å²) in [6.07, 6.45) is 1.71. The molecule has 1 aromatic carbocycles. The summed E-state index contributed by atoms with van der Waals surface area (Å²) >= 11 is 0. The molecule has 0 radical (unpaired) electrons. The van der Waals surface area contributed by atoms with Gasteiger partial charge in [-0.2, -0.15) is 5.10 Å². The van der Waals surface area contributed by atoms with E-state index in [-0.39, 0.29) is 24.4 Å². The first-order valence-corrected chi connectivity index (χ1v) is 8.18. The molecule has 0 aliphatic carbocycles. The summed E-state index contributed by atoms with van der Waals surface area (Å²) in [5.74, 6) is 0.175. The maximum absolute atomic E-state index is 12.4. The van der Waals surface area contributed by atoms with Crippen LogP contribution in [0.5, 0.6) is 0 Å². The molecule has 0 unspecified atom stereocenters. The lowest BCUT2D eigenvalue weighted by Gasteiger charge is -2.23. The minimum atomic E-state index is -0.136. The molecule has 130 valence electrons. The SMILES string of the molecule is CN[C@@H](C)C(=O)N1CCc2c(-c3ccccc3)nn(C)c2CC1.Cl. The summed E-state index contributed by atoms with van der Waals surface area (Å²) in [6, 6.07) is 10.2. The number of aromatic nitrogens is 2. The average molecular weight is 349 g/mol. The molecule has 1 atom stereocenters. The van der Waals surface area contributed by atoms with Crippen molar-refractivity contribution in [3.63, 3.8) is 0 Å². The van der Waals surface area contributed by atoms with Crippen LogP contribution in [-0.2, 0) is 24.7 Å². The van der Waals surface area contributed by atoms with Crippen LogP contribution in [0.15, 0.2) is 30.3 Å². The van der Waals surface area contributed by atoms with E-state index in [1.165, 1.54) is 11.3 Å². The van der Waals surface area contributed by atoms with Crippen molar-refractivity contribution in [1.29, 1.82) is 0 Å². The highest BCUT2D eigenvalue weighted by molar-refractivity contribution is 5.85. The largest absolute Gasteiger partial charge is 0.341 e. The monoisotopic (exact) mass is 348 g/mol. The average Bonchev–Trinajstić information content (AvgIpc) is 2.76. The van der Waals surface area contributed by atoms with Crippen LogP contribution in [-0.4, -0.2) is 46.8 Å². The normalized spacial score (nSPS) is 15.2. The summed E-state index contributed by atoms with van der Waals surface area (Å²) in [5, 5.41) is 7.76. The van der Waals surface area contributed by atoms with Gasteiger partial charge in [0.05, 0.1) is 11.7 Å². The van der Waals surface area contributed by atoms with Gasteiger partial charge < -0.3 is 10.2 Å². The highest BCUT2D eigenvalue weighted by atomic mass is 35.5. The summed E-state index contributed by atoms with van der Waals surface area (Å²) in [6.45, 7) is 3.42. The van der Waals surface area contributed by atoms with Crippen LogP contribution in [0, 0.1) is 0 Å². The fraction of sp³-hybridized carbons (Fsp3) is 0.444. The van der Waals surface area contributed by atoms with Gasteiger partial charge in [-0.15, -0.1) is 12.4 Å². The summed E-state index contributed by atoms with van der Waals surface area (Å²) in [7, 11) is 3.82. The highest BCUT2D eigenvalue weighted by Crippen LogP contribution is 2.27. The Balaban J connectivity index is 0.00000208. The van der Waals surface area contributed by atoms with Gasteiger partial charge in [0.1, 0.15) is 0 Å². The van der Waals surface area contributed by atoms with E-state index >= 15 is 0 Å². The van der Waals surface area contributed by atoms with Gasteiger partial charge >= 0.3 is 0 Å². The standard InChI is InChI=1S/C18H24N4O.ClH/c1-13(19-2)18(23)22-11-9-15-16(10-12-22)21(3)20-17(15)14-7-5-4-6-8-14;/h4-8,13,19H,9-12H2,1-3H3;1H/t13-;/m0./s1. The van der Waals surface area contributed by atoms with E-state index in [1.807, 2.05) is 48.8 Å². The Hall–Kier alpha value is -1.85. The van der Waals surface area contributed by atoms with Crippen molar-refractivity contribution in [2.75, 3.05) is 20.1 Å². The fourth-order valence-corrected chi connectivity index (χ4v) is 3.22. The third-order valence-electron chi connectivity index (χ3n) is 4.69. The van der Waals surface area contributed by atoms with Gasteiger partial charge in [0.15, 0.2) is 0 Å². The van der Waals surface area contributed by atoms with Crippen molar-refractivity contribution in [1.82, 2.24) is 20.0 Å². The molecule has 5 nitrogen and oxygen atoms in total. The van der Waals surface area contributed by atoms with Gasteiger partial charge in [-0.25, -0.2) is 0 Å². The Morgan fingerprint density at radius 3 is 2.54 bits per heavy atom. The molecular weight excluding hydrogens is 324 g/mol. The number of carbonyl (C=O) groups excluding carboxylic acids is 1. The topological polar surface area (TPSA) is 50.2 Å². The Kier molecular flexibility index (Phi) is 6.02. The van der Waals surface area contributed by atoms with Gasteiger partial charge in [-0.1, -0.05) is 30.3 Å². The van der Waals surface area contributed by atoms with Crippen LogP contribution in [0.25, 0.3) is 11.3 Å². The zero-order chi connectivity index (χ0) is 16.4. The lowest BCUT2D eigenvalue weighted by Crippen LogP contribution is -2.44. The number of fused-ring (bicyclic) bond motifs is 1. The van der Waals surface area contributed by atoms with Crippen molar-refractivity contribution in [3.8, 4) is 11.3 Å². The predicted molar refractivity (Wildman–Crippen MR) is 98.4 cm³/mol. The van der Waals surface area contributed by atoms with Gasteiger partial charge in [0.25, 0.3) is 0 Å². The van der Waals surface area contributed by atoms with Gasteiger partial charge in [-0.05, 0) is 20.4 Å². The first kappa shape index (κ1) is 18.5. The number of halogens is 1. The quantitative estimate of drug-likeness (QED) is 0.923. The molecule has 0 saturated heterocycles. The predicted octanol–water partition coefficient (Wildman–Crippen LogP) is 2.04. The van der Waals surface area contributed by atoms with E-state index < -0.39 is 0 Å². The first-order chi connectivity index (χ1) is 11.1. The molecule has 0 bridgehead atoms. The minimum Gasteiger partial charge on any atom is -0.341 e. The molecule has 1 amide bonds. The van der Waals surface area contributed by atoms with Gasteiger partial charge in [0, 0.05) is 43.4 Å². The molecule has 2 aromatic rings. The fourth-order valence-electron chi connectivity index (χ4n) is 3.22. The lowest BCUT2D eigenvalue weighted by atomic mass is 10.0. The maximum Gasteiger partial charge on any atom is 0.239 e. The Morgan fingerprint density at radius 2 is 1.88 bits per heavy atom. The number of nitrogens with one attached hydrogen (secondary N) is 1. The second-order valence-corrected chi connectivity index (χ2v) is 6.10. The molecule has 0 spiro atoms. The number of rotatable bonds is 3. The van der Waals surface area contributed by atoms with Crippen LogP contribution in [0.2, 0.25) is 0 Å². The molecule has 3 rings (SSSR count). The smallest absolute Gasteiger partial charge is 0.239 e. The molecule has 1 aliphatic heterocycles. The zero-order valence-electron chi connectivity index (χ0n) is 14.5. The number of likely N-dealkylation sites (N-methyl/N-ethyl adjacent to an activating group) is 1. The van der Waals surface area contributed by atoms with Gasteiger partial charge in [-0.3, -0.25) is 9.48 Å². The molecule has 24 heavy (non-hydrogen) atoms. The number of aryl methyl sites for hydroxylation is 1. The van der Waals surface area contributed by atoms with Crippen molar-refractivity contribution >= 4 is 18.3 Å². The van der Waals surface area contributed by atoms with Crippen molar-refractivity contribution in [3.05, 3.63) is 41.6 Å². The summed E-state index contributed by atoms with van der Waals surface area (Å²) < 4.78 is 1.98. The third kappa shape index (κ3) is 3.47. The van der Waals surface area contributed by atoms with Crippen LogP contribution in [0.1, 0.15) is 18.2 Å². The van der Waals surface area contributed by atoms with Crippen LogP contribution >= 0.6 is 12.4 Å². The maximum atomic E-state index is 12.4. The third-order valence-corrected chi connectivity index (χ3v) is 4.69. The van der Waals surface area contributed by atoms with E-state index in [0.29, 0.717) is 0 Å². The second kappa shape index (κ2) is 7.81. The van der Waals surface area contributed by atoms with E-state index in [4.69, 9.17) is 5.10 Å². The number of benzene rings is 1. The van der Waals surface area contributed by atoms with Crippen LogP contribution in [0.4, 0.5) is 0 Å². The van der Waals surface area contributed by atoms with E-state index in [0.717, 1.165) is 37.2 Å². The number of nitrogens with zero attached hydrogens (tertiary/aromatic N) is 3. The molecule has 0 saturated carbocycles. The summed E-state index contributed by atoms with van der Waals surface area (Å²) in [4.78, 5) is 14.4. The van der Waals surface area contributed by atoms with Crippen LogP contribution < -0.4 is 5.32 Å². The zero-order valence-corrected chi connectivity index (χ0v) is 15.3. The second-order valence-electron chi connectivity index (χ2n) is 6.10. The number of hydrogen-bond acceptors (Lipinski definition) is 3. The molecule has 1 aliphatic rings. The highest BCUT2D eigenvalue weighted by Gasteiger charge is 2.26. The minimum absolute atomic E-state index is 0. The number of hydrogen-bond donors (Lipinski definition) is 1. The molecule has 2 heterocycles. The summed E-state index contributed by atoms with van der Waals surface area (Å²) in [5.41, 5.74) is 4.73.